The first-order chi connectivity index (χ1) is 7.65. The highest BCUT2D eigenvalue weighted by Crippen LogP contribution is 2.11. The maximum Gasteiger partial charge on any atom is 0.203 e. The minimum Gasteiger partial charge on any atom is -0.352 e. The number of anilines is 1. The van der Waals surface area contributed by atoms with Crippen LogP contribution in [0.4, 0.5) is 5.95 Å². The lowest BCUT2D eigenvalue weighted by molar-refractivity contribution is 0.900. The van der Waals surface area contributed by atoms with Gasteiger partial charge in [-0.25, -0.2) is 4.98 Å². The molecule has 0 atom stereocenters. The van der Waals surface area contributed by atoms with Crippen molar-refractivity contribution in [3.05, 3.63) is 46.7 Å². The molecular weight excluding hydrogens is 222 g/mol. The molecule has 0 saturated carbocycles. The first-order valence-corrected chi connectivity index (χ1v) is 5.51. The lowest BCUT2D eigenvalue weighted by Gasteiger charge is -2.05. The Labute approximate surface area is 100 Å². The zero-order valence-electron chi connectivity index (χ0n) is 9.37. The van der Waals surface area contributed by atoms with Crippen molar-refractivity contribution in [3.8, 4) is 0 Å². The second-order valence-corrected chi connectivity index (χ2v) is 4.23. The summed E-state index contributed by atoms with van der Waals surface area (Å²) in [6.45, 7) is 2.73. The molecular formula is C12H14ClN3. The van der Waals surface area contributed by atoms with Crippen LogP contribution in [-0.4, -0.2) is 9.55 Å². The van der Waals surface area contributed by atoms with E-state index in [0.717, 1.165) is 23.2 Å². The molecule has 4 heteroatoms. The van der Waals surface area contributed by atoms with E-state index in [1.165, 1.54) is 5.56 Å². The zero-order chi connectivity index (χ0) is 11.5. The van der Waals surface area contributed by atoms with Gasteiger partial charge in [-0.15, -0.1) is 0 Å². The number of hydrogen-bond acceptors (Lipinski definition) is 2. The third-order valence-corrected chi connectivity index (χ3v) is 2.61. The Morgan fingerprint density at radius 3 is 2.56 bits per heavy atom. The smallest absolute Gasteiger partial charge is 0.203 e. The van der Waals surface area contributed by atoms with Crippen LogP contribution < -0.4 is 5.32 Å². The van der Waals surface area contributed by atoms with Crippen molar-refractivity contribution in [2.45, 2.75) is 13.5 Å². The molecule has 0 radical (unpaired) electrons. The molecule has 2 aromatic rings. The van der Waals surface area contributed by atoms with E-state index in [9.17, 15) is 0 Å². The fourth-order valence-electron chi connectivity index (χ4n) is 1.56. The van der Waals surface area contributed by atoms with Crippen LogP contribution >= 0.6 is 11.6 Å². The molecule has 1 N–H and O–H groups in total. The Morgan fingerprint density at radius 2 is 2.00 bits per heavy atom. The van der Waals surface area contributed by atoms with Gasteiger partial charge in [-0.1, -0.05) is 23.7 Å². The quantitative estimate of drug-likeness (QED) is 0.887. The number of nitrogens with zero attached hydrogens (tertiary/aromatic N) is 2. The van der Waals surface area contributed by atoms with E-state index in [2.05, 4.69) is 10.3 Å². The monoisotopic (exact) mass is 235 g/mol. The largest absolute Gasteiger partial charge is 0.352 e. The normalized spacial score (nSPS) is 10.4. The highest BCUT2D eigenvalue weighted by atomic mass is 35.5. The number of benzene rings is 1. The lowest BCUT2D eigenvalue weighted by Crippen LogP contribution is -2.04. The van der Waals surface area contributed by atoms with Crippen LogP contribution in [0, 0.1) is 6.92 Å². The lowest BCUT2D eigenvalue weighted by atomic mass is 10.2. The Balaban J connectivity index is 2.02. The second-order valence-electron chi connectivity index (χ2n) is 3.80. The minimum atomic E-state index is 0.751. The van der Waals surface area contributed by atoms with Crippen LogP contribution in [0.5, 0.6) is 0 Å². The summed E-state index contributed by atoms with van der Waals surface area (Å²) in [6, 6.07) is 7.79. The van der Waals surface area contributed by atoms with Crippen molar-refractivity contribution in [2.24, 2.45) is 7.05 Å². The number of imidazole rings is 1. The SMILES string of the molecule is Cc1cn(C)c(NCc2ccc(Cl)cc2)n1. The van der Waals surface area contributed by atoms with Gasteiger partial charge in [0.1, 0.15) is 0 Å². The predicted octanol–water partition coefficient (Wildman–Crippen LogP) is 2.99. The summed E-state index contributed by atoms with van der Waals surface area (Å²) in [5.74, 6) is 0.882. The number of hydrogen-bond donors (Lipinski definition) is 1. The van der Waals surface area contributed by atoms with Crippen LogP contribution in [0.1, 0.15) is 11.3 Å². The molecule has 0 unspecified atom stereocenters. The molecule has 0 aliphatic heterocycles. The molecule has 0 aliphatic carbocycles. The van der Waals surface area contributed by atoms with E-state index < -0.39 is 0 Å². The van der Waals surface area contributed by atoms with E-state index in [1.807, 2.05) is 49.0 Å². The number of nitrogens with one attached hydrogen (secondary N) is 1. The van der Waals surface area contributed by atoms with Crippen molar-refractivity contribution < 1.29 is 0 Å². The number of rotatable bonds is 3. The van der Waals surface area contributed by atoms with Crippen molar-refractivity contribution >= 4 is 17.5 Å². The average molecular weight is 236 g/mol. The van der Waals surface area contributed by atoms with Gasteiger partial charge in [-0.3, -0.25) is 0 Å². The van der Waals surface area contributed by atoms with Gasteiger partial charge in [0.25, 0.3) is 0 Å². The highest BCUT2D eigenvalue weighted by Gasteiger charge is 2.01. The first kappa shape index (κ1) is 11.0. The molecule has 1 aromatic carbocycles. The molecule has 0 fully saturated rings. The Bertz CT molecular complexity index is 474. The Hall–Kier alpha value is -1.48. The van der Waals surface area contributed by atoms with E-state index in [-0.39, 0.29) is 0 Å². The second kappa shape index (κ2) is 4.58. The Kier molecular flexibility index (Phi) is 3.15. The van der Waals surface area contributed by atoms with Gasteiger partial charge in [0, 0.05) is 24.8 Å². The van der Waals surface area contributed by atoms with Gasteiger partial charge in [0.2, 0.25) is 5.95 Å². The van der Waals surface area contributed by atoms with Gasteiger partial charge >= 0.3 is 0 Å². The molecule has 0 saturated heterocycles. The molecule has 0 aliphatic rings. The van der Waals surface area contributed by atoms with Crippen molar-refractivity contribution in [2.75, 3.05) is 5.32 Å². The number of aryl methyl sites for hydroxylation is 2. The van der Waals surface area contributed by atoms with Gasteiger partial charge in [-0.05, 0) is 24.6 Å². The van der Waals surface area contributed by atoms with E-state index in [1.54, 1.807) is 0 Å². The molecule has 3 nitrogen and oxygen atoms in total. The summed E-state index contributed by atoms with van der Waals surface area (Å²) in [7, 11) is 1.98. The molecule has 1 heterocycles. The topological polar surface area (TPSA) is 29.9 Å². The van der Waals surface area contributed by atoms with Crippen molar-refractivity contribution in [1.82, 2.24) is 9.55 Å². The summed E-state index contributed by atoms with van der Waals surface area (Å²) in [5, 5.41) is 4.04. The van der Waals surface area contributed by atoms with E-state index >= 15 is 0 Å². The van der Waals surface area contributed by atoms with Crippen LogP contribution in [-0.2, 0) is 13.6 Å². The summed E-state index contributed by atoms with van der Waals surface area (Å²) in [6.07, 6.45) is 1.99. The molecule has 16 heavy (non-hydrogen) atoms. The Morgan fingerprint density at radius 1 is 1.31 bits per heavy atom. The predicted molar refractivity (Wildman–Crippen MR) is 66.7 cm³/mol. The number of aromatic nitrogens is 2. The fraction of sp³-hybridized carbons (Fsp3) is 0.250. The fourth-order valence-corrected chi connectivity index (χ4v) is 1.69. The van der Waals surface area contributed by atoms with E-state index in [0.29, 0.717) is 0 Å². The van der Waals surface area contributed by atoms with Gasteiger partial charge in [-0.2, -0.15) is 0 Å². The van der Waals surface area contributed by atoms with Gasteiger partial charge in [0.05, 0.1) is 5.69 Å². The van der Waals surface area contributed by atoms with Crippen LogP contribution in [0.25, 0.3) is 0 Å². The third kappa shape index (κ3) is 2.55. The zero-order valence-corrected chi connectivity index (χ0v) is 10.1. The maximum absolute atomic E-state index is 5.82. The van der Waals surface area contributed by atoms with Crippen LogP contribution in [0.2, 0.25) is 5.02 Å². The standard InChI is InChI=1S/C12H14ClN3/c1-9-8-16(2)12(15-9)14-7-10-3-5-11(13)6-4-10/h3-6,8H,7H2,1-2H3,(H,14,15). The first-order valence-electron chi connectivity index (χ1n) is 5.13. The van der Waals surface area contributed by atoms with Crippen molar-refractivity contribution in [3.63, 3.8) is 0 Å². The summed E-state index contributed by atoms with van der Waals surface area (Å²) < 4.78 is 1.98. The summed E-state index contributed by atoms with van der Waals surface area (Å²) >= 11 is 5.82. The molecule has 84 valence electrons. The minimum absolute atomic E-state index is 0.751. The molecule has 0 spiro atoms. The van der Waals surface area contributed by atoms with Crippen LogP contribution in [0.15, 0.2) is 30.5 Å². The van der Waals surface area contributed by atoms with E-state index in [4.69, 9.17) is 11.6 Å². The molecule has 1 aromatic heterocycles. The molecule has 0 bridgehead atoms. The maximum atomic E-state index is 5.82. The summed E-state index contributed by atoms with van der Waals surface area (Å²) in [4.78, 5) is 4.37. The van der Waals surface area contributed by atoms with Gasteiger partial charge in [0.15, 0.2) is 0 Å². The highest BCUT2D eigenvalue weighted by molar-refractivity contribution is 6.30. The summed E-state index contributed by atoms with van der Waals surface area (Å²) in [5.41, 5.74) is 2.20. The van der Waals surface area contributed by atoms with Gasteiger partial charge < -0.3 is 9.88 Å². The van der Waals surface area contributed by atoms with Crippen LogP contribution in [0.3, 0.4) is 0 Å². The molecule has 0 amide bonds. The average Bonchev–Trinajstić information content (AvgIpc) is 2.57. The number of halogens is 1. The van der Waals surface area contributed by atoms with Crippen molar-refractivity contribution in [1.29, 1.82) is 0 Å². The third-order valence-electron chi connectivity index (χ3n) is 2.36. The molecule has 2 rings (SSSR count).